The zero-order chi connectivity index (χ0) is 23.5. The molecule has 8 heteroatoms. The number of aromatic nitrogens is 2. The van der Waals surface area contributed by atoms with Crippen molar-refractivity contribution in [1.82, 2.24) is 9.55 Å². The first-order valence-electron chi connectivity index (χ1n) is 9.89. The highest BCUT2D eigenvalue weighted by Gasteiger charge is 2.17. The van der Waals surface area contributed by atoms with Crippen LogP contribution in [0.1, 0.15) is 34.0 Å². The molecule has 0 fully saturated rings. The van der Waals surface area contributed by atoms with Crippen LogP contribution in [-0.2, 0) is 6.54 Å². The highest BCUT2D eigenvalue weighted by Crippen LogP contribution is 2.19. The van der Waals surface area contributed by atoms with E-state index in [4.69, 9.17) is 5.26 Å². The van der Waals surface area contributed by atoms with Crippen molar-refractivity contribution in [2.24, 2.45) is 4.99 Å². The van der Waals surface area contributed by atoms with Crippen molar-refractivity contribution in [3.05, 3.63) is 110 Å². The Morgan fingerprint density at radius 1 is 1.15 bits per heavy atom. The molecule has 0 N–H and O–H groups in total. The third kappa shape index (κ3) is 4.78. The van der Waals surface area contributed by atoms with Gasteiger partial charge >= 0.3 is 0 Å². The highest BCUT2D eigenvalue weighted by atomic mass is 79.9. The Bertz CT molecular complexity index is 1500. The van der Waals surface area contributed by atoms with Crippen LogP contribution in [0.4, 0.5) is 4.39 Å². The van der Waals surface area contributed by atoms with Crippen LogP contribution in [0.5, 0.6) is 0 Å². The molecule has 0 aliphatic rings. The lowest BCUT2D eigenvalue weighted by atomic mass is 10.1. The van der Waals surface area contributed by atoms with Gasteiger partial charge in [0.25, 0.3) is 11.5 Å². The fourth-order valence-electron chi connectivity index (χ4n) is 3.37. The number of carbonyl (C=O) groups excluding carboxylic acids is 1. The van der Waals surface area contributed by atoms with Gasteiger partial charge in [0.15, 0.2) is 0 Å². The fraction of sp³-hybridized carbons (Fsp3) is 0.0800. The summed E-state index contributed by atoms with van der Waals surface area (Å²) in [4.78, 5) is 34.8. The first kappa shape index (κ1) is 22.2. The molecule has 0 bridgehead atoms. The Morgan fingerprint density at radius 3 is 2.52 bits per heavy atom. The Balaban J connectivity index is 1.80. The van der Waals surface area contributed by atoms with Crippen LogP contribution in [0.25, 0.3) is 11.0 Å². The summed E-state index contributed by atoms with van der Waals surface area (Å²) in [6, 6.07) is 17.7. The Hall–Kier alpha value is -3.96. The van der Waals surface area contributed by atoms with Crippen LogP contribution >= 0.6 is 15.9 Å². The standard InChI is InChI=1S/C25H16BrFN4O2/c1-15(18-6-2-16(12-28)3-7-18)30-24(32)22-11-19-10-20(26)13-29-23(19)31(25(22)33)14-17-4-8-21(27)9-5-17/h2-11,13H,14H2,1H3. The number of benzene rings is 2. The minimum Gasteiger partial charge on any atom is -0.288 e. The van der Waals surface area contributed by atoms with E-state index in [0.717, 1.165) is 0 Å². The molecule has 4 aromatic rings. The molecule has 33 heavy (non-hydrogen) atoms. The molecule has 1 amide bonds. The lowest BCUT2D eigenvalue weighted by Crippen LogP contribution is -2.27. The summed E-state index contributed by atoms with van der Waals surface area (Å²) >= 11 is 3.37. The molecule has 2 aromatic heterocycles. The third-order valence-electron chi connectivity index (χ3n) is 5.08. The van der Waals surface area contributed by atoms with Gasteiger partial charge in [-0.2, -0.15) is 5.26 Å². The second-order valence-electron chi connectivity index (χ2n) is 7.33. The molecule has 162 valence electrons. The molecular weight excluding hydrogens is 487 g/mol. The molecular formula is C25H16BrFN4O2. The van der Waals surface area contributed by atoms with Gasteiger partial charge in [-0.15, -0.1) is 0 Å². The predicted octanol–water partition coefficient (Wildman–Crippen LogP) is 4.87. The normalized spacial score (nSPS) is 11.4. The molecule has 0 saturated heterocycles. The SMILES string of the molecule is CC(=NC(=O)c1cc2cc(Br)cnc2n(Cc2ccc(F)cc2)c1=O)c1ccc(C#N)cc1. The van der Waals surface area contributed by atoms with Crippen molar-refractivity contribution in [2.75, 3.05) is 0 Å². The van der Waals surface area contributed by atoms with Gasteiger partial charge in [0.1, 0.15) is 17.0 Å². The van der Waals surface area contributed by atoms with Gasteiger partial charge in [0.2, 0.25) is 0 Å². The van der Waals surface area contributed by atoms with E-state index in [1.807, 2.05) is 6.07 Å². The number of halogens is 2. The molecule has 0 spiro atoms. The summed E-state index contributed by atoms with van der Waals surface area (Å²) in [5.41, 5.74) is 2.03. The van der Waals surface area contributed by atoms with Crippen LogP contribution in [0.15, 0.2) is 81.1 Å². The summed E-state index contributed by atoms with van der Waals surface area (Å²) < 4.78 is 15.4. The number of pyridine rings is 2. The van der Waals surface area contributed by atoms with Crippen molar-refractivity contribution < 1.29 is 9.18 Å². The second kappa shape index (κ2) is 9.27. The van der Waals surface area contributed by atoms with Gasteiger partial charge < -0.3 is 0 Å². The van der Waals surface area contributed by atoms with Crippen molar-refractivity contribution in [3.63, 3.8) is 0 Å². The van der Waals surface area contributed by atoms with E-state index < -0.39 is 11.5 Å². The zero-order valence-corrected chi connectivity index (χ0v) is 19.0. The number of hydrogen-bond acceptors (Lipinski definition) is 4. The number of fused-ring (bicyclic) bond motifs is 1. The maximum atomic E-state index is 13.3. The van der Waals surface area contributed by atoms with Gasteiger partial charge in [0.05, 0.1) is 18.2 Å². The monoisotopic (exact) mass is 502 g/mol. The number of nitrogens with zero attached hydrogens (tertiary/aromatic N) is 4. The topological polar surface area (TPSA) is 88.1 Å². The van der Waals surface area contributed by atoms with Crippen LogP contribution in [-0.4, -0.2) is 21.2 Å². The summed E-state index contributed by atoms with van der Waals surface area (Å²) in [6.45, 7) is 1.78. The fourth-order valence-corrected chi connectivity index (χ4v) is 3.72. The number of aliphatic imine (C=N–C) groups is 1. The Morgan fingerprint density at radius 2 is 1.85 bits per heavy atom. The van der Waals surface area contributed by atoms with E-state index in [2.05, 4.69) is 25.9 Å². The summed E-state index contributed by atoms with van der Waals surface area (Å²) in [6.07, 6.45) is 1.57. The lowest BCUT2D eigenvalue weighted by Gasteiger charge is -2.12. The van der Waals surface area contributed by atoms with Crippen LogP contribution in [0.2, 0.25) is 0 Å². The van der Waals surface area contributed by atoms with E-state index in [-0.39, 0.29) is 17.9 Å². The lowest BCUT2D eigenvalue weighted by molar-refractivity contribution is 0.100. The van der Waals surface area contributed by atoms with Crippen molar-refractivity contribution >= 4 is 38.6 Å². The number of hydrogen-bond donors (Lipinski definition) is 0. The maximum absolute atomic E-state index is 13.3. The maximum Gasteiger partial charge on any atom is 0.282 e. The largest absolute Gasteiger partial charge is 0.288 e. The van der Waals surface area contributed by atoms with E-state index in [1.165, 1.54) is 22.8 Å². The van der Waals surface area contributed by atoms with Gasteiger partial charge in [-0.05, 0) is 70.4 Å². The molecule has 0 aliphatic carbocycles. The summed E-state index contributed by atoms with van der Waals surface area (Å²) in [5, 5.41) is 9.53. The van der Waals surface area contributed by atoms with Gasteiger partial charge in [-0.1, -0.05) is 24.3 Å². The Labute approximate surface area is 196 Å². The molecule has 4 rings (SSSR count). The van der Waals surface area contributed by atoms with Crippen molar-refractivity contribution in [3.8, 4) is 6.07 Å². The van der Waals surface area contributed by atoms with Crippen LogP contribution in [0, 0.1) is 17.1 Å². The third-order valence-corrected chi connectivity index (χ3v) is 5.51. The minimum atomic E-state index is -0.684. The van der Waals surface area contributed by atoms with E-state index in [9.17, 15) is 14.0 Å². The highest BCUT2D eigenvalue weighted by molar-refractivity contribution is 9.10. The smallest absolute Gasteiger partial charge is 0.282 e. The van der Waals surface area contributed by atoms with Crippen molar-refractivity contribution in [1.29, 1.82) is 5.26 Å². The average Bonchev–Trinajstić information content (AvgIpc) is 2.81. The second-order valence-corrected chi connectivity index (χ2v) is 8.25. The van der Waals surface area contributed by atoms with Crippen LogP contribution < -0.4 is 5.56 Å². The molecule has 0 aliphatic heterocycles. The number of rotatable bonds is 4. The molecule has 0 unspecified atom stereocenters. The molecule has 0 atom stereocenters. The summed E-state index contributed by atoms with van der Waals surface area (Å²) in [7, 11) is 0. The molecule has 2 heterocycles. The zero-order valence-electron chi connectivity index (χ0n) is 17.4. The van der Waals surface area contributed by atoms with Gasteiger partial charge in [0, 0.05) is 21.8 Å². The number of carbonyl (C=O) groups is 1. The molecule has 0 saturated carbocycles. The molecule has 2 aromatic carbocycles. The van der Waals surface area contributed by atoms with Gasteiger partial charge in [-0.3, -0.25) is 14.2 Å². The first-order valence-corrected chi connectivity index (χ1v) is 10.7. The molecule has 6 nitrogen and oxygen atoms in total. The Kier molecular flexibility index (Phi) is 6.24. The molecule has 0 radical (unpaired) electrons. The van der Waals surface area contributed by atoms with E-state index in [1.54, 1.807) is 55.6 Å². The van der Waals surface area contributed by atoms with E-state index in [0.29, 0.717) is 37.9 Å². The minimum absolute atomic E-state index is 0.0995. The van der Waals surface area contributed by atoms with Crippen LogP contribution in [0.3, 0.4) is 0 Å². The number of nitriles is 1. The van der Waals surface area contributed by atoms with Crippen molar-refractivity contribution in [2.45, 2.75) is 13.5 Å². The average molecular weight is 503 g/mol. The van der Waals surface area contributed by atoms with Gasteiger partial charge in [-0.25, -0.2) is 14.4 Å². The first-order chi connectivity index (χ1) is 15.9. The summed E-state index contributed by atoms with van der Waals surface area (Å²) in [5.74, 6) is -1.06. The van der Waals surface area contributed by atoms with E-state index >= 15 is 0 Å². The quantitative estimate of drug-likeness (QED) is 0.372. The predicted molar refractivity (Wildman–Crippen MR) is 127 cm³/mol. The number of amides is 1.